The highest BCUT2D eigenvalue weighted by atomic mass is 16.2. The van der Waals surface area contributed by atoms with Crippen LogP contribution in [0.4, 0.5) is 5.69 Å². The summed E-state index contributed by atoms with van der Waals surface area (Å²) in [6.45, 7) is 1.89. The summed E-state index contributed by atoms with van der Waals surface area (Å²) in [7, 11) is 0. The number of imide groups is 1. The van der Waals surface area contributed by atoms with Gasteiger partial charge in [-0.05, 0) is 36.8 Å². The fraction of sp³-hybridized carbons (Fsp3) is 0.167. The largest absolute Gasteiger partial charge is 0.287 e. The van der Waals surface area contributed by atoms with Crippen molar-refractivity contribution in [3.8, 4) is 0 Å². The Bertz CT molecular complexity index is 789. The average Bonchev–Trinajstić information content (AvgIpc) is 2.87. The Hall–Kier alpha value is -2.99. The summed E-state index contributed by atoms with van der Waals surface area (Å²) in [6.07, 6.45) is 0.00183. The predicted molar refractivity (Wildman–Crippen MR) is 89.1 cm³/mol. The van der Waals surface area contributed by atoms with Crippen molar-refractivity contribution >= 4 is 23.4 Å². The second-order valence-corrected chi connectivity index (χ2v) is 5.63. The molecule has 0 bridgehead atoms. The summed E-state index contributed by atoms with van der Waals surface area (Å²) in [4.78, 5) is 37.8. The molecule has 3 rings (SSSR count). The van der Waals surface area contributed by atoms with Crippen molar-refractivity contribution in [2.75, 3.05) is 4.90 Å². The Labute approximate surface area is 139 Å². The maximum atomic E-state index is 12.5. The third-order valence-corrected chi connectivity index (χ3v) is 3.80. The second-order valence-electron chi connectivity index (χ2n) is 5.63. The van der Waals surface area contributed by atoms with Crippen LogP contribution in [0.2, 0.25) is 0 Å². The van der Waals surface area contributed by atoms with E-state index in [1.165, 1.54) is 0 Å². The summed E-state index contributed by atoms with van der Waals surface area (Å²) in [5, 5.41) is 0. The van der Waals surface area contributed by atoms with E-state index in [-0.39, 0.29) is 24.1 Å². The zero-order valence-electron chi connectivity index (χ0n) is 13.2. The summed E-state index contributed by atoms with van der Waals surface area (Å²) in [5.41, 5.74) is 7.12. The molecule has 1 aliphatic heterocycles. The molecule has 0 unspecified atom stereocenters. The molecule has 2 aromatic rings. The number of carbonyl (C=O) groups is 3. The van der Waals surface area contributed by atoms with Gasteiger partial charge in [0.2, 0.25) is 5.91 Å². The standard InChI is InChI=1S/C18H17N3O3/c1-12-6-5-9-14(10-12)21-16(22)11-15(18(21)24)19-20-17(23)13-7-3-2-4-8-13/h2-10,15,19H,11H2,1H3,(H,20,23)/t15-/m0/s1. The fourth-order valence-corrected chi connectivity index (χ4v) is 2.60. The lowest BCUT2D eigenvalue weighted by atomic mass is 10.2. The average molecular weight is 323 g/mol. The lowest BCUT2D eigenvalue weighted by Gasteiger charge is -2.16. The van der Waals surface area contributed by atoms with Gasteiger partial charge in [0.05, 0.1) is 12.1 Å². The van der Waals surface area contributed by atoms with Crippen LogP contribution < -0.4 is 15.8 Å². The SMILES string of the molecule is Cc1cccc(N2C(=O)C[C@H](NNC(=O)c3ccccc3)C2=O)c1. The number of nitrogens with one attached hydrogen (secondary N) is 2. The first kappa shape index (κ1) is 15.9. The number of hydrogen-bond acceptors (Lipinski definition) is 4. The number of nitrogens with zero attached hydrogens (tertiary/aromatic N) is 1. The highest BCUT2D eigenvalue weighted by Gasteiger charge is 2.39. The molecule has 1 heterocycles. The minimum absolute atomic E-state index is 0.00183. The third-order valence-electron chi connectivity index (χ3n) is 3.80. The van der Waals surface area contributed by atoms with E-state index in [1.54, 1.807) is 42.5 Å². The van der Waals surface area contributed by atoms with E-state index < -0.39 is 6.04 Å². The Kier molecular flexibility index (Phi) is 4.39. The first-order valence-corrected chi connectivity index (χ1v) is 7.60. The number of rotatable bonds is 4. The number of hydrazine groups is 1. The highest BCUT2D eigenvalue weighted by molar-refractivity contribution is 6.22. The third kappa shape index (κ3) is 3.18. The topological polar surface area (TPSA) is 78.5 Å². The number of anilines is 1. The Morgan fingerprint density at radius 1 is 1.08 bits per heavy atom. The van der Waals surface area contributed by atoms with Gasteiger partial charge in [0.1, 0.15) is 6.04 Å². The molecule has 24 heavy (non-hydrogen) atoms. The molecule has 2 aromatic carbocycles. The molecule has 1 aliphatic rings. The van der Waals surface area contributed by atoms with Crippen LogP contribution in [0.5, 0.6) is 0 Å². The maximum Gasteiger partial charge on any atom is 0.265 e. The number of amides is 3. The van der Waals surface area contributed by atoms with Crippen LogP contribution in [0.15, 0.2) is 54.6 Å². The molecule has 0 aromatic heterocycles. The number of aryl methyl sites for hydroxylation is 1. The molecule has 6 heteroatoms. The van der Waals surface area contributed by atoms with Gasteiger partial charge in [-0.3, -0.25) is 19.8 Å². The lowest BCUT2D eigenvalue weighted by Crippen LogP contribution is -2.48. The normalized spacial score (nSPS) is 17.2. The molecule has 122 valence electrons. The first-order chi connectivity index (χ1) is 11.6. The molecule has 1 atom stereocenters. The van der Waals surface area contributed by atoms with Gasteiger partial charge < -0.3 is 0 Å². The highest BCUT2D eigenvalue weighted by Crippen LogP contribution is 2.23. The zero-order chi connectivity index (χ0) is 17.1. The van der Waals surface area contributed by atoms with E-state index in [9.17, 15) is 14.4 Å². The summed E-state index contributed by atoms with van der Waals surface area (Å²) < 4.78 is 0. The van der Waals surface area contributed by atoms with Gasteiger partial charge >= 0.3 is 0 Å². The Morgan fingerprint density at radius 3 is 2.54 bits per heavy atom. The van der Waals surface area contributed by atoms with Crippen molar-refractivity contribution < 1.29 is 14.4 Å². The molecule has 3 amide bonds. The van der Waals surface area contributed by atoms with Crippen molar-refractivity contribution in [1.82, 2.24) is 10.9 Å². The van der Waals surface area contributed by atoms with Gasteiger partial charge in [-0.2, -0.15) is 0 Å². The molecular weight excluding hydrogens is 306 g/mol. The van der Waals surface area contributed by atoms with Crippen molar-refractivity contribution in [3.63, 3.8) is 0 Å². The van der Waals surface area contributed by atoms with Crippen LogP contribution in [-0.4, -0.2) is 23.8 Å². The van der Waals surface area contributed by atoms with E-state index in [2.05, 4.69) is 10.9 Å². The smallest absolute Gasteiger partial charge is 0.265 e. The van der Waals surface area contributed by atoms with E-state index in [4.69, 9.17) is 0 Å². The monoisotopic (exact) mass is 323 g/mol. The van der Waals surface area contributed by atoms with Crippen LogP contribution in [0.1, 0.15) is 22.3 Å². The quantitative estimate of drug-likeness (QED) is 0.661. The number of hydrogen-bond donors (Lipinski definition) is 2. The zero-order valence-corrected chi connectivity index (χ0v) is 13.2. The van der Waals surface area contributed by atoms with Gasteiger partial charge in [-0.1, -0.05) is 30.3 Å². The minimum Gasteiger partial charge on any atom is -0.287 e. The lowest BCUT2D eigenvalue weighted by molar-refractivity contribution is -0.121. The molecule has 0 aliphatic carbocycles. The molecule has 2 N–H and O–H groups in total. The maximum absolute atomic E-state index is 12.5. The van der Waals surface area contributed by atoms with Gasteiger partial charge in [0, 0.05) is 5.56 Å². The number of benzene rings is 2. The van der Waals surface area contributed by atoms with Gasteiger partial charge in [0.25, 0.3) is 11.8 Å². The van der Waals surface area contributed by atoms with Crippen molar-refractivity contribution in [2.45, 2.75) is 19.4 Å². The summed E-state index contributed by atoms with van der Waals surface area (Å²) >= 11 is 0. The molecule has 1 saturated heterocycles. The van der Waals surface area contributed by atoms with Gasteiger partial charge in [0.15, 0.2) is 0 Å². The van der Waals surface area contributed by atoms with E-state index in [0.29, 0.717) is 11.3 Å². The number of carbonyl (C=O) groups excluding carboxylic acids is 3. The van der Waals surface area contributed by atoms with E-state index in [1.807, 2.05) is 19.1 Å². The second kappa shape index (κ2) is 6.64. The van der Waals surface area contributed by atoms with Crippen molar-refractivity contribution in [1.29, 1.82) is 0 Å². The minimum atomic E-state index is -0.773. The molecule has 0 saturated carbocycles. The van der Waals surface area contributed by atoms with Gasteiger partial charge in [-0.15, -0.1) is 0 Å². The van der Waals surface area contributed by atoms with Crippen LogP contribution in [0, 0.1) is 6.92 Å². The van der Waals surface area contributed by atoms with Crippen LogP contribution in [0.25, 0.3) is 0 Å². The van der Waals surface area contributed by atoms with Gasteiger partial charge in [-0.25, -0.2) is 10.3 Å². The fourth-order valence-electron chi connectivity index (χ4n) is 2.60. The molecule has 1 fully saturated rings. The van der Waals surface area contributed by atoms with Crippen LogP contribution in [0.3, 0.4) is 0 Å². The first-order valence-electron chi connectivity index (χ1n) is 7.60. The molecule has 0 radical (unpaired) electrons. The Balaban J connectivity index is 1.67. The van der Waals surface area contributed by atoms with Crippen LogP contribution >= 0.6 is 0 Å². The Morgan fingerprint density at radius 2 is 1.83 bits per heavy atom. The summed E-state index contributed by atoms with van der Waals surface area (Å²) in [5.74, 6) is -1.03. The molecule has 6 nitrogen and oxygen atoms in total. The molecular formula is C18H17N3O3. The van der Waals surface area contributed by atoms with E-state index >= 15 is 0 Å². The molecule has 0 spiro atoms. The van der Waals surface area contributed by atoms with Crippen molar-refractivity contribution in [2.24, 2.45) is 0 Å². The van der Waals surface area contributed by atoms with E-state index in [0.717, 1.165) is 10.5 Å². The van der Waals surface area contributed by atoms with Crippen LogP contribution in [-0.2, 0) is 9.59 Å². The summed E-state index contributed by atoms with van der Waals surface area (Å²) in [6, 6.07) is 15.0. The predicted octanol–water partition coefficient (Wildman–Crippen LogP) is 1.56. The van der Waals surface area contributed by atoms with Crippen molar-refractivity contribution in [3.05, 3.63) is 65.7 Å².